The van der Waals surface area contributed by atoms with Gasteiger partial charge in [0, 0.05) is 40.9 Å². The smallest absolute Gasteiger partial charge is 0.0472 e. The highest BCUT2D eigenvalue weighted by Gasteiger charge is 2.25. The molecule has 3 rings (SSSR count). The van der Waals surface area contributed by atoms with Gasteiger partial charge < -0.3 is 5.32 Å². The summed E-state index contributed by atoms with van der Waals surface area (Å²) < 4.78 is 11.5. The van der Waals surface area contributed by atoms with E-state index in [4.69, 9.17) is 0 Å². The van der Waals surface area contributed by atoms with E-state index in [1.165, 1.54) is 31.5 Å². The molecule has 2 aliphatic heterocycles. The van der Waals surface area contributed by atoms with Gasteiger partial charge in [0.2, 0.25) is 0 Å². The fourth-order valence-electron chi connectivity index (χ4n) is 3.46. The zero-order valence-electron chi connectivity index (χ0n) is 12.7. The Morgan fingerprint density at radius 2 is 1.81 bits per heavy atom. The van der Waals surface area contributed by atoms with Gasteiger partial charge in [0.05, 0.1) is 0 Å². The van der Waals surface area contributed by atoms with Crippen LogP contribution in [0.4, 0.5) is 0 Å². The number of hydrogen-bond acceptors (Lipinski definition) is 3. The second-order valence-corrected chi connectivity index (χ2v) is 7.90. The van der Waals surface area contributed by atoms with Gasteiger partial charge >= 0.3 is 0 Å². The zero-order valence-corrected chi connectivity index (χ0v) is 13.5. The van der Waals surface area contributed by atoms with Crippen molar-refractivity contribution in [3.63, 3.8) is 0 Å². The lowest BCUT2D eigenvalue weighted by molar-refractivity contribution is 0.231. The fraction of sp³-hybridized carbons (Fsp3) is 0.647. The van der Waals surface area contributed by atoms with Crippen molar-refractivity contribution in [1.82, 2.24) is 10.2 Å². The highest BCUT2D eigenvalue weighted by atomic mass is 32.2. The Morgan fingerprint density at radius 1 is 1.14 bits per heavy atom. The van der Waals surface area contributed by atoms with Gasteiger partial charge in [0.1, 0.15) is 0 Å². The first kappa shape index (κ1) is 15.2. The van der Waals surface area contributed by atoms with E-state index >= 15 is 0 Å². The van der Waals surface area contributed by atoms with Crippen LogP contribution in [-0.2, 0) is 10.8 Å². The molecule has 0 aromatic heterocycles. The summed E-state index contributed by atoms with van der Waals surface area (Å²) in [6, 6.07) is 11.9. The van der Waals surface area contributed by atoms with E-state index in [9.17, 15) is 4.21 Å². The fourth-order valence-corrected chi connectivity index (χ4v) is 4.76. The maximum Gasteiger partial charge on any atom is 0.0472 e. The van der Waals surface area contributed by atoms with Gasteiger partial charge in [-0.25, -0.2) is 0 Å². The van der Waals surface area contributed by atoms with Crippen LogP contribution in [0.15, 0.2) is 30.3 Å². The summed E-state index contributed by atoms with van der Waals surface area (Å²) >= 11 is 0. The Kier molecular flexibility index (Phi) is 5.44. The molecule has 2 heterocycles. The summed E-state index contributed by atoms with van der Waals surface area (Å²) in [5, 5.41) is 3.74. The molecule has 1 atom stereocenters. The second-order valence-electron chi connectivity index (χ2n) is 6.20. The monoisotopic (exact) mass is 306 g/mol. The number of rotatable bonds is 5. The molecule has 21 heavy (non-hydrogen) atoms. The van der Waals surface area contributed by atoms with E-state index in [0.29, 0.717) is 12.1 Å². The minimum Gasteiger partial charge on any atom is -0.312 e. The van der Waals surface area contributed by atoms with Gasteiger partial charge in [-0.2, -0.15) is 0 Å². The van der Waals surface area contributed by atoms with E-state index < -0.39 is 10.8 Å². The Bertz CT molecular complexity index is 449. The van der Waals surface area contributed by atoms with Crippen molar-refractivity contribution in [1.29, 1.82) is 0 Å². The van der Waals surface area contributed by atoms with Crippen molar-refractivity contribution in [2.45, 2.75) is 37.8 Å². The summed E-state index contributed by atoms with van der Waals surface area (Å²) in [4.78, 5) is 2.61. The van der Waals surface area contributed by atoms with Gasteiger partial charge in [-0.05, 0) is 44.3 Å². The quantitative estimate of drug-likeness (QED) is 0.906. The molecule has 1 aromatic rings. The van der Waals surface area contributed by atoms with Crippen molar-refractivity contribution in [2.24, 2.45) is 0 Å². The van der Waals surface area contributed by atoms with E-state index in [-0.39, 0.29) is 0 Å². The van der Waals surface area contributed by atoms with Gasteiger partial charge in [-0.3, -0.25) is 9.11 Å². The molecule has 4 heteroatoms. The Hall–Kier alpha value is -0.710. The number of likely N-dealkylation sites (tertiary alicyclic amines) is 1. The maximum absolute atomic E-state index is 11.5. The number of nitrogens with zero attached hydrogens (tertiary/aromatic N) is 1. The third-order valence-electron chi connectivity index (χ3n) is 4.75. The standard InChI is InChI=1S/C17H26N2OS/c20-21-12-8-16(9-13-21)18-14-17(19-10-4-5-11-19)15-6-2-1-3-7-15/h1-3,6-7,16-18H,4-5,8-14H2. The van der Waals surface area contributed by atoms with Crippen LogP contribution in [0.2, 0.25) is 0 Å². The molecule has 2 fully saturated rings. The van der Waals surface area contributed by atoms with E-state index in [2.05, 4.69) is 40.5 Å². The first-order chi connectivity index (χ1) is 10.3. The second kappa shape index (κ2) is 7.52. The van der Waals surface area contributed by atoms with Crippen LogP contribution < -0.4 is 5.32 Å². The molecule has 0 aliphatic carbocycles. The van der Waals surface area contributed by atoms with Gasteiger partial charge in [0.15, 0.2) is 0 Å². The highest BCUT2D eigenvalue weighted by Crippen LogP contribution is 2.25. The predicted molar refractivity (Wildman–Crippen MR) is 88.9 cm³/mol. The lowest BCUT2D eigenvalue weighted by Crippen LogP contribution is -2.41. The molecule has 1 unspecified atom stereocenters. The Balaban J connectivity index is 1.61. The van der Waals surface area contributed by atoms with Crippen LogP contribution in [0.3, 0.4) is 0 Å². The number of benzene rings is 1. The van der Waals surface area contributed by atoms with Crippen molar-refractivity contribution in [3.05, 3.63) is 35.9 Å². The molecule has 0 bridgehead atoms. The van der Waals surface area contributed by atoms with Crippen LogP contribution in [-0.4, -0.2) is 46.3 Å². The summed E-state index contributed by atoms with van der Waals surface area (Å²) in [6.45, 7) is 3.45. The van der Waals surface area contributed by atoms with Crippen LogP contribution in [0.5, 0.6) is 0 Å². The molecule has 0 spiro atoms. The molecule has 3 nitrogen and oxygen atoms in total. The van der Waals surface area contributed by atoms with Crippen LogP contribution in [0.25, 0.3) is 0 Å². The molecule has 2 aliphatic rings. The molecule has 0 radical (unpaired) electrons. The largest absolute Gasteiger partial charge is 0.312 e. The molecular weight excluding hydrogens is 280 g/mol. The van der Waals surface area contributed by atoms with Crippen LogP contribution in [0, 0.1) is 0 Å². The first-order valence-corrected chi connectivity index (χ1v) is 9.69. The highest BCUT2D eigenvalue weighted by molar-refractivity contribution is 7.85. The van der Waals surface area contributed by atoms with E-state index in [1.807, 2.05) is 0 Å². The zero-order chi connectivity index (χ0) is 14.5. The Morgan fingerprint density at radius 3 is 2.48 bits per heavy atom. The Labute approximate surface area is 130 Å². The lowest BCUT2D eigenvalue weighted by Gasteiger charge is -2.31. The molecule has 2 saturated heterocycles. The van der Waals surface area contributed by atoms with E-state index in [1.54, 1.807) is 0 Å². The van der Waals surface area contributed by atoms with Gasteiger partial charge in [-0.15, -0.1) is 0 Å². The van der Waals surface area contributed by atoms with E-state index in [0.717, 1.165) is 30.9 Å². The minimum absolute atomic E-state index is 0.487. The summed E-state index contributed by atoms with van der Waals surface area (Å²) in [7, 11) is -0.564. The van der Waals surface area contributed by atoms with Crippen molar-refractivity contribution in [3.8, 4) is 0 Å². The topological polar surface area (TPSA) is 32.3 Å². The van der Waals surface area contributed by atoms with Crippen LogP contribution in [0.1, 0.15) is 37.3 Å². The lowest BCUT2D eigenvalue weighted by atomic mass is 10.0. The SMILES string of the molecule is O=S1CCC(NCC(c2ccccc2)N2CCCC2)CC1. The first-order valence-electron chi connectivity index (χ1n) is 8.20. The van der Waals surface area contributed by atoms with Crippen molar-refractivity contribution < 1.29 is 4.21 Å². The predicted octanol–water partition coefficient (Wildman–Crippen LogP) is 2.32. The molecule has 116 valence electrons. The molecule has 1 aromatic carbocycles. The third kappa shape index (κ3) is 4.15. The molecule has 0 amide bonds. The average molecular weight is 306 g/mol. The minimum atomic E-state index is -0.564. The maximum atomic E-state index is 11.5. The summed E-state index contributed by atoms with van der Waals surface area (Å²) in [6.07, 6.45) is 4.78. The molecule has 0 saturated carbocycles. The van der Waals surface area contributed by atoms with Crippen molar-refractivity contribution in [2.75, 3.05) is 31.1 Å². The van der Waals surface area contributed by atoms with Crippen LogP contribution >= 0.6 is 0 Å². The molecule has 1 N–H and O–H groups in total. The van der Waals surface area contributed by atoms with Gasteiger partial charge in [0.25, 0.3) is 0 Å². The van der Waals surface area contributed by atoms with Gasteiger partial charge in [-0.1, -0.05) is 30.3 Å². The number of hydrogen-bond donors (Lipinski definition) is 1. The normalized spacial score (nSPS) is 28.6. The third-order valence-corrected chi connectivity index (χ3v) is 6.14. The average Bonchev–Trinajstić information content (AvgIpc) is 3.05. The number of nitrogens with one attached hydrogen (secondary N) is 1. The molecular formula is C17H26N2OS. The van der Waals surface area contributed by atoms with Crippen molar-refractivity contribution >= 4 is 10.8 Å². The summed E-state index contributed by atoms with van der Waals surface area (Å²) in [5.74, 6) is 1.74. The summed E-state index contributed by atoms with van der Waals surface area (Å²) in [5.41, 5.74) is 1.42.